The Labute approximate surface area is 280 Å². The molecule has 2 aromatic rings. The van der Waals surface area contributed by atoms with E-state index in [9.17, 15) is 14.7 Å². The maximum Gasteiger partial charge on any atom is 0.336 e. The maximum atomic E-state index is 12.7. The summed E-state index contributed by atoms with van der Waals surface area (Å²) in [6, 6.07) is 17.0. The predicted molar refractivity (Wildman–Crippen MR) is 183 cm³/mol. The number of esters is 1. The van der Waals surface area contributed by atoms with Gasteiger partial charge in [0.1, 0.15) is 37.6 Å². The molecule has 9 nitrogen and oxygen atoms in total. The Kier molecular flexibility index (Phi) is 12.7. The van der Waals surface area contributed by atoms with Crippen LogP contribution in [0.15, 0.2) is 71.2 Å². The molecule has 0 radical (unpaired) electrons. The van der Waals surface area contributed by atoms with Crippen molar-refractivity contribution in [2.75, 3.05) is 49.6 Å². The van der Waals surface area contributed by atoms with Gasteiger partial charge in [0.05, 0.1) is 17.3 Å². The Morgan fingerprint density at radius 2 is 1.67 bits per heavy atom. The highest BCUT2D eigenvalue weighted by molar-refractivity contribution is 7.80. The predicted octanol–water partition coefficient (Wildman–Crippen LogP) is 3.40. The van der Waals surface area contributed by atoms with Crippen LogP contribution in [0.3, 0.4) is 0 Å². The van der Waals surface area contributed by atoms with Gasteiger partial charge in [-0.25, -0.2) is 14.2 Å². The van der Waals surface area contributed by atoms with Gasteiger partial charge in [-0.1, -0.05) is 12.6 Å². The molecular formula is C35H40ClN3O6S. The number of anilines is 2. The van der Waals surface area contributed by atoms with E-state index in [1.165, 1.54) is 0 Å². The Morgan fingerprint density at radius 1 is 0.978 bits per heavy atom. The Bertz CT molecular complexity index is 1790. The van der Waals surface area contributed by atoms with Crippen LogP contribution in [0.25, 0.3) is 33.4 Å². The first kappa shape index (κ1) is 36.1. The van der Waals surface area contributed by atoms with Gasteiger partial charge in [-0.15, -0.1) is 0 Å². The fraction of sp³-hybridized carbons (Fsp3) is 0.314. The number of fused-ring (bicyclic) bond motifs is 2. The monoisotopic (exact) mass is 665 g/mol. The molecule has 0 saturated heterocycles. The van der Waals surface area contributed by atoms with Gasteiger partial charge in [0, 0.05) is 58.6 Å². The zero-order chi connectivity index (χ0) is 32.7. The molecule has 11 heteroatoms. The summed E-state index contributed by atoms with van der Waals surface area (Å²) in [6.45, 7) is 16.8. The third kappa shape index (κ3) is 7.86. The van der Waals surface area contributed by atoms with Gasteiger partial charge in [0.2, 0.25) is 5.36 Å². The number of ether oxygens (including phenoxy) is 2. The second kappa shape index (κ2) is 16.2. The number of nitrogens with zero attached hydrogens (tertiary/aromatic N) is 2. The zero-order valence-corrected chi connectivity index (χ0v) is 28.4. The van der Waals surface area contributed by atoms with Crippen LogP contribution in [0.4, 0.5) is 11.4 Å². The molecule has 0 saturated carbocycles. The number of carbonyl (C=O) groups excluding carboxylic acids is 1. The molecule has 0 aromatic heterocycles. The van der Waals surface area contributed by atoms with Crippen molar-refractivity contribution in [1.82, 2.24) is 4.58 Å². The van der Waals surface area contributed by atoms with E-state index in [4.69, 9.17) is 26.1 Å². The molecule has 1 aliphatic heterocycles. The van der Waals surface area contributed by atoms with E-state index < -0.39 is 11.9 Å². The molecule has 46 heavy (non-hydrogen) atoms. The fourth-order valence-electron chi connectivity index (χ4n) is 5.35. The van der Waals surface area contributed by atoms with Crippen molar-refractivity contribution in [2.45, 2.75) is 34.6 Å². The normalized spacial score (nSPS) is 10.6. The van der Waals surface area contributed by atoms with Gasteiger partial charge in [-0.05, 0) is 77.2 Å². The Balaban J connectivity index is 0.00000576. The third-order valence-electron chi connectivity index (χ3n) is 7.63. The summed E-state index contributed by atoms with van der Waals surface area (Å²) in [6.07, 6.45) is 0. The van der Waals surface area contributed by atoms with Gasteiger partial charge >= 0.3 is 11.9 Å². The molecule has 0 fully saturated rings. The van der Waals surface area contributed by atoms with Crippen molar-refractivity contribution in [1.29, 1.82) is 0 Å². The van der Waals surface area contributed by atoms with E-state index in [0.29, 0.717) is 28.2 Å². The second-order valence-corrected chi connectivity index (χ2v) is 10.8. The summed E-state index contributed by atoms with van der Waals surface area (Å²) in [5, 5.41) is 15.2. The van der Waals surface area contributed by atoms with E-state index in [2.05, 4.69) is 49.1 Å². The summed E-state index contributed by atoms with van der Waals surface area (Å²) in [4.78, 5) is 26.6. The Morgan fingerprint density at radius 3 is 2.30 bits per heavy atom. The van der Waals surface area contributed by atoms with Gasteiger partial charge in [0.25, 0.3) is 5.17 Å². The zero-order valence-electron chi connectivity index (χ0n) is 26.8. The van der Waals surface area contributed by atoms with Gasteiger partial charge in [-0.3, -0.25) is 0 Å². The smallest absolute Gasteiger partial charge is 0.336 e. The van der Waals surface area contributed by atoms with E-state index in [1.807, 2.05) is 36.4 Å². The Hall–Kier alpha value is -4.41. The number of rotatable bonds is 12. The second-order valence-electron chi connectivity index (χ2n) is 10.4. The topological polar surface area (TPSA) is 104 Å². The van der Waals surface area contributed by atoms with Crippen molar-refractivity contribution in [3.63, 3.8) is 0 Å². The fourth-order valence-corrected chi connectivity index (χ4v) is 5.54. The number of benzene rings is 3. The molecule has 2 aromatic carbocycles. The van der Waals surface area contributed by atoms with Crippen LogP contribution >= 0.6 is 12.2 Å². The molecule has 4 rings (SSSR count). The first-order valence-corrected chi connectivity index (χ1v) is 15.5. The number of thiocarbonyl (C=S) groups is 1. The number of hydrogen-bond donors (Lipinski definition) is 2. The van der Waals surface area contributed by atoms with Crippen LogP contribution < -0.4 is 32.6 Å². The van der Waals surface area contributed by atoms with Gasteiger partial charge in [0.15, 0.2) is 0 Å². The molecule has 0 unspecified atom stereocenters. The van der Waals surface area contributed by atoms with Crippen molar-refractivity contribution < 1.29 is 41.0 Å². The van der Waals surface area contributed by atoms with E-state index in [-0.39, 0.29) is 41.9 Å². The van der Waals surface area contributed by atoms with Crippen LogP contribution in [0, 0.1) is 0 Å². The van der Waals surface area contributed by atoms with Crippen LogP contribution in [0.1, 0.15) is 45.0 Å². The van der Waals surface area contributed by atoms with E-state index in [1.54, 1.807) is 25.1 Å². The first-order valence-electron chi connectivity index (χ1n) is 15.1. The summed E-state index contributed by atoms with van der Waals surface area (Å²) in [7, 11) is 0. The first-order chi connectivity index (χ1) is 21.6. The number of nitrogens with one attached hydrogen (secondary N) is 1. The van der Waals surface area contributed by atoms with Crippen LogP contribution in [-0.2, 0) is 14.3 Å². The number of hydrogen-bond acceptors (Lipinski definition) is 7. The maximum absolute atomic E-state index is 12.7. The molecule has 0 amide bonds. The van der Waals surface area contributed by atoms with Crippen molar-refractivity contribution >= 4 is 51.7 Å². The number of halogens is 1. The van der Waals surface area contributed by atoms with E-state index >= 15 is 0 Å². The number of aromatic carboxylic acids is 1. The van der Waals surface area contributed by atoms with Gasteiger partial charge in [-0.2, -0.15) is 0 Å². The largest absolute Gasteiger partial charge is 1.00 e. The molecule has 2 aliphatic rings. The lowest BCUT2D eigenvalue weighted by atomic mass is 9.89. The minimum absolute atomic E-state index is 0. The van der Waals surface area contributed by atoms with Crippen LogP contribution in [0.2, 0.25) is 0 Å². The van der Waals surface area contributed by atoms with Crippen molar-refractivity contribution in [3.05, 3.63) is 77.7 Å². The highest BCUT2D eigenvalue weighted by Crippen LogP contribution is 2.45. The standard InChI is InChI=1S/C35H39N3O6S.ClH/c1-7-37(8-2)23-14-16-25-29(20-23)44-30-21-24(38(9-3)10-4)15-17-26(30)31(25)32-27(33(39)40)12-11-13-28(32)36-35(45)43-19-18-42-34(41)22(5)6;/h11-17,20-21H,5,7-10,18-19H2,1-4,6H3,(H,39,40);1H. The lowest BCUT2D eigenvalue weighted by Gasteiger charge is -2.23. The molecule has 0 spiro atoms. The van der Waals surface area contributed by atoms with Gasteiger partial charge < -0.3 is 41.6 Å². The van der Waals surface area contributed by atoms with Crippen LogP contribution in [-0.4, -0.2) is 61.6 Å². The number of carboxylic acids is 1. The van der Waals surface area contributed by atoms with Crippen molar-refractivity contribution in [3.8, 4) is 22.5 Å². The average molecular weight is 666 g/mol. The van der Waals surface area contributed by atoms with Crippen LogP contribution in [0.5, 0.6) is 0 Å². The lowest BCUT2D eigenvalue weighted by molar-refractivity contribution is -0.139. The minimum Gasteiger partial charge on any atom is -1.00 e. The molecular weight excluding hydrogens is 626 g/mol. The SMILES string of the molecule is C=C(C)C(=O)OCCOC(=S)Nc1cccc(C(=O)O)c1-c1c2ccc(=[N+](CC)CC)cc-2oc2cc(N(CC)CC)ccc12.[Cl-]. The average Bonchev–Trinajstić information content (AvgIpc) is 3.02. The molecule has 244 valence electrons. The summed E-state index contributed by atoms with van der Waals surface area (Å²) in [5.74, 6) is -0.979. The summed E-state index contributed by atoms with van der Waals surface area (Å²) >= 11 is 5.45. The highest BCUT2D eigenvalue weighted by atomic mass is 35.5. The number of carbonyl (C=O) groups is 2. The number of carboxylic acid groups (broad SMARTS) is 1. The summed E-state index contributed by atoms with van der Waals surface area (Å²) < 4.78 is 19.5. The van der Waals surface area contributed by atoms with Crippen molar-refractivity contribution in [2.24, 2.45) is 0 Å². The quantitative estimate of drug-likeness (QED) is 0.0589. The molecule has 0 bridgehead atoms. The summed E-state index contributed by atoms with van der Waals surface area (Å²) in [5.41, 5.74) is 4.36. The molecule has 0 atom stereocenters. The minimum atomic E-state index is -1.09. The third-order valence-corrected chi connectivity index (χ3v) is 7.85. The molecule has 1 aliphatic carbocycles. The van der Waals surface area contributed by atoms with E-state index in [0.717, 1.165) is 48.2 Å². The molecule has 1 heterocycles. The lowest BCUT2D eigenvalue weighted by Crippen LogP contribution is -3.00. The molecule has 2 N–H and O–H groups in total. The highest BCUT2D eigenvalue weighted by Gasteiger charge is 2.25.